The van der Waals surface area contributed by atoms with E-state index in [0.29, 0.717) is 20.2 Å². The van der Waals surface area contributed by atoms with Gasteiger partial charge in [0.05, 0.1) is 19.8 Å². The van der Waals surface area contributed by atoms with E-state index in [0.717, 1.165) is 28.7 Å². The molecular formula is C17H7ClF6N4S2. The van der Waals surface area contributed by atoms with Crippen LogP contribution in [0.3, 0.4) is 0 Å². The van der Waals surface area contributed by atoms with Gasteiger partial charge in [-0.3, -0.25) is 0 Å². The fourth-order valence-electron chi connectivity index (χ4n) is 2.53. The minimum atomic E-state index is -4.91. The van der Waals surface area contributed by atoms with Crippen LogP contribution in [0.5, 0.6) is 0 Å². The summed E-state index contributed by atoms with van der Waals surface area (Å²) in [6, 6.07) is 7.43. The number of nitrogens with zero attached hydrogens (tertiary/aromatic N) is 4. The summed E-state index contributed by atoms with van der Waals surface area (Å²) in [6.45, 7) is 0. The van der Waals surface area contributed by atoms with Gasteiger partial charge in [-0.15, -0.1) is 22.7 Å². The van der Waals surface area contributed by atoms with E-state index >= 15 is 0 Å². The fraction of sp³-hybridized carbons (Fsp3) is 0.118. The lowest BCUT2D eigenvalue weighted by Gasteiger charge is -2.12. The van der Waals surface area contributed by atoms with Gasteiger partial charge in [0.15, 0.2) is 11.4 Å². The Morgan fingerprint density at radius 2 is 1.63 bits per heavy atom. The van der Waals surface area contributed by atoms with Crippen molar-refractivity contribution < 1.29 is 26.3 Å². The summed E-state index contributed by atoms with van der Waals surface area (Å²) in [7, 11) is 0. The minimum absolute atomic E-state index is 0.113. The highest BCUT2D eigenvalue weighted by molar-refractivity contribution is 7.19. The molecule has 0 radical (unpaired) electrons. The zero-order valence-corrected chi connectivity index (χ0v) is 16.7. The molecule has 4 aromatic rings. The van der Waals surface area contributed by atoms with Crippen LogP contribution in [0.15, 0.2) is 41.8 Å². The second-order valence-electron chi connectivity index (χ2n) is 5.84. The van der Waals surface area contributed by atoms with Crippen LogP contribution in [0.25, 0.3) is 27.1 Å². The zero-order chi connectivity index (χ0) is 21.7. The molecule has 0 amide bonds. The van der Waals surface area contributed by atoms with E-state index in [-0.39, 0.29) is 16.1 Å². The minimum Gasteiger partial charge on any atom is -0.210 e. The SMILES string of the molecule is FC(F)(F)c1cc(-c2cccs2)nc(-n2nc(-c3ccc(Cl)s3)cc2C(F)(F)F)n1. The number of hydrogen-bond donors (Lipinski definition) is 0. The maximum absolute atomic E-state index is 13.6. The van der Waals surface area contributed by atoms with Gasteiger partial charge in [-0.25, -0.2) is 9.97 Å². The van der Waals surface area contributed by atoms with E-state index < -0.39 is 29.7 Å². The molecule has 0 unspecified atom stereocenters. The zero-order valence-electron chi connectivity index (χ0n) is 14.3. The molecule has 4 heterocycles. The molecule has 0 bridgehead atoms. The number of alkyl halides is 6. The van der Waals surface area contributed by atoms with Crippen LogP contribution in [0, 0.1) is 0 Å². The van der Waals surface area contributed by atoms with Gasteiger partial charge in [-0.1, -0.05) is 17.7 Å². The summed E-state index contributed by atoms with van der Waals surface area (Å²) in [5, 5.41) is 5.44. The van der Waals surface area contributed by atoms with Gasteiger partial charge < -0.3 is 0 Å². The lowest BCUT2D eigenvalue weighted by Crippen LogP contribution is -2.18. The Labute approximate surface area is 177 Å². The largest absolute Gasteiger partial charge is 0.433 e. The van der Waals surface area contributed by atoms with Crippen LogP contribution in [-0.4, -0.2) is 19.7 Å². The summed E-state index contributed by atoms with van der Waals surface area (Å²) in [5.41, 5.74) is -2.96. The average Bonchev–Trinajstić information content (AvgIpc) is 3.40. The smallest absolute Gasteiger partial charge is 0.210 e. The van der Waals surface area contributed by atoms with Crippen molar-refractivity contribution in [3.05, 3.63) is 57.5 Å². The van der Waals surface area contributed by atoms with Gasteiger partial charge in [0.2, 0.25) is 0 Å². The molecule has 13 heteroatoms. The molecule has 0 aromatic carbocycles. The molecular weight excluding hydrogens is 474 g/mol. The molecule has 0 aliphatic carbocycles. The third-order valence-corrected chi connectivity index (χ3v) is 5.94. The predicted octanol–water partition coefficient (Wildman–Crippen LogP) is 6.81. The molecule has 0 aliphatic heterocycles. The first-order chi connectivity index (χ1) is 14.0. The van der Waals surface area contributed by atoms with Gasteiger partial charge >= 0.3 is 12.4 Å². The highest BCUT2D eigenvalue weighted by atomic mass is 35.5. The van der Waals surface area contributed by atoms with Crippen molar-refractivity contribution in [2.75, 3.05) is 0 Å². The van der Waals surface area contributed by atoms with Crippen molar-refractivity contribution in [1.29, 1.82) is 0 Å². The van der Waals surface area contributed by atoms with Crippen molar-refractivity contribution in [3.8, 4) is 27.1 Å². The Bertz CT molecular complexity index is 1190. The van der Waals surface area contributed by atoms with Crippen LogP contribution < -0.4 is 0 Å². The lowest BCUT2D eigenvalue weighted by atomic mass is 10.2. The van der Waals surface area contributed by atoms with Crippen LogP contribution in [0.4, 0.5) is 26.3 Å². The van der Waals surface area contributed by atoms with Crippen molar-refractivity contribution >= 4 is 34.3 Å². The standard InChI is InChI=1S/C17H7ClF6N4S2/c18-14-4-3-11(30-14)9-7-13(17(22,23)24)28(27-9)15-25-8(10-2-1-5-29-10)6-12(26-15)16(19,20)21/h1-7H. The van der Waals surface area contributed by atoms with Gasteiger partial charge in [0.25, 0.3) is 5.95 Å². The van der Waals surface area contributed by atoms with E-state index in [2.05, 4.69) is 15.1 Å². The topological polar surface area (TPSA) is 43.6 Å². The van der Waals surface area contributed by atoms with Crippen LogP contribution in [0.2, 0.25) is 4.34 Å². The molecule has 4 rings (SSSR count). The Morgan fingerprint density at radius 1 is 0.867 bits per heavy atom. The molecule has 0 saturated heterocycles. The first-order valence-electron chi connectivity index (χ1n) is 7.96. The Hall–Kier alpha value is -2.44. The number of hydrogen-bond acceptors (Lipinski definition) is 5. The summed E-state index contributed by atoms with van der Waals surface area (Å²) in [5.74, 6) is -0.838. The molecule has 0 spiro atoms. The molecule has 0 N–H and O–H groups in total. The van der Waals surface area contributed by atoms with Crippen LogP contribution in [-0.2, 0) is 12.4 Å². The number of halogens is 7. The normalized spacial score (nSPS) is 12.5. The third kappa shape index (κ3) is 4.07. The maximum Gasteiger partial charge on any atom is 0.433 e. The monoisotopic (exact) mass is 480 g/mol. The number of thiophene rings is 2. The molecule has 30 heavy (non-hydrogen) atoms. The molecule has 0 fully saturated rings. The second-order valence-corrected chi connectivity index (χ2v) is 8.50. The maximum atomic E-state index is 13.6. The molecule has 0 saturated carbocycles. The van der Waals surface area contributed by atoms with Crippen molar-refractivity contribution in [2.24, 2.45) is 0 Å². The molecule has 0 aliphatic rings. The van der Waals surface area contributed by atoms with Crippen molar-refractivity contribution in [1.82, 2.24) is 19.7 Å². The summed E-state index contributed by atoms with van der Waals surface area (Å²) in [4.78, 5) is 7.90. The van der Waals surface area contributed by atoms with E-state index in [9.17, 15) is 26.3 Å². The molecule has 0 atom stereocenters. The fourth-order valence-corrected chi connectivity index (χ4v) is 4.22. The van der Waals surface area contributed by atoms with Crippen LogP contribution >= 0.6 is 34.3 Å². The van der Waals surface area contributed by atoms with E-state index in [1.54, 1.807) is 11.4 Å². The Morgan fingerprint density at radius 3 is 2.20 bits per heavy atom. The van der Waals surface area contributed by atoms with Crippen LogP contribution in [0.1, 0.15) is 11.4 Å². The molecule has 156 valence electrons. The van der Waals surface area contributed by atoms with E-state index in [1.165, 1.54) is 18.2 Å². The van der Waals surface area contributed by atoms with Crippen molar-refractivity contribution in [2.45, 2.75) is 12.4 Å². The first kappa shape index (κ1) is 20.8. The molecule has 4 nitrogen and oxygen atoms in total. The third-order valence-electron chi connectivity index (χ3n) is 3.79. The highest BCUT2D eigenvalue weighted by Gasteiger charge is 2.39. The van der Waals surface area contributed by atoms with E-state index in [4.69, 9.17) is 11.6 Å². The Kier molecular flexibility index (Phi) is 5.11. The number of rotatable bonds is 3. The first-order valence-corrected chi connectivity index (χ1v) is 10.0. The predicted molar refractivity (Wildman–Crippen MR) is 101 cm³/mol. The lowest BCUT2D eigenvalue weighted by molar-refractivity contribution is -0.143. The molecule has 4 aromatic heterocycles. The highest BCUT2D eigenvalue weighted by Crippen LogP contribution is 2.38. The average molecular weight is 481 g/mol. The Balaban J connectivity index is 1.95. The van der Waals surface area contributed by atoms with Crippen molar-refractivity contribution in [3.63, 3.8) is 0 Å². The van der Waals surface area contributed by atoms with Gasteiger partial charge in [-0.05, 0) is 35.7 Å². The second kappa shape index (κ2) is 7.36. The quantitative estimate of drug-likeness (QED) is 0.302. The number of aromatic nitrogens is 4. The van der Waals surface area contributed by atoms with Gasteiger partial charge in [0, 0.05) is 0 Å². The summed E-state index contributed by atoms with van der Waals surface area (Å²) >= 11 is 7.90. The van der Waals surface area contributed by atoms with E-state index in [1.807, 2.05) is 0 Å². The van der Waals surface area contributed by atoms with Gasteiger partial charge in [0.1, 0.15) is 5.69 Å². The summed E-state index contributed by atoms with van der Waals surface area (Å²) in [6.07, 6.45) is -9.80. The summed E-state index contributed by atoms with van der Waals surface area (Å²) < 4.78 is 81.5. The van der Waals surface area contributed by atoms with Gasteiger partial charge in [-0.2, -0.15) is 36.1 Å².